The number of carboxylic acid groups (broad SMARTS) is 1. The summed E-state index contributed by atoms with van der Waals surface area (Å²) in [7, 11) is 0. The van der Waals surface area contributed by atoms with E-state index in [4.69, 9.17) is 10.8 Å². The van der Waals surface area contributed by atoms with Gasteiger partial charge < -0.3 is 41.5 Å². The molecule has 2 aliphatic heterocycles. The molecule has 6 atom stereocenters. The number of hydrogen-bond acceptors (Lipinski definition) is 7. The van der Waals surface area contributed by atoms with Crippen LogP contribution in [0, 0.1) is 11.8 Å². The number of nitrogens with one attached hydrogen (secondary N) is 2. The lowest BCUT2D eigenvalue weighted by molar-refractivity contribution is -0.137. The van der Waals surface area contributed by atoms with Crippen molar-refractivity contribution in [3.05, 3.63) is 0 Å². The minimum atomic E-state index is -1.44. The molecule has 2 rings (SSSR count). The molecule has 0 aromatic heterocycles. The fraction of sp³-hybridized carbons (Fsp3) is 0.737. The summed E-state index contributed by atoms with van der Waals surface area (Å²) in [6, 6.07) is -2.55. The van der Waals surface area contributed by atoms with Crippen LogP contribution in [0.2, 0.25) is 0 Å². The Morgan fingerprint density at radius 3 is 1.94 bits per heavy atom. The Labute approximate surface area is 184 Å². The average Bonchev–Trinajstić information content (AvgIpc) is 3.38. The smallest absolute Gasteiger partial charge is 0.405 e. The van der Waals surface area contributed by atoms with Crippen LogP contribution >= 0.6 is 0 Å². The monoisotopic (exact) mass is 457 g/mol. The summed E-state index contributed by atoms with van der Waals surface area (Å²) in [6.07, 6.45) is -3.07. The van der Waals surface area contributed by atoms with Gasteiger partial charge in [-0.05, 0) is 26.7 Å². The van der Waals surface area contributed by atoms with Crippen LogP contribution in [0.25, 0.3) is 0 Å². The van der Waals surface area contributed by atoms with Crippen molar-refractivity contribution in [3.63, 3.8) is 0 Å². The van der Waals surface area contributed by atoms with Gasteiger partial charge in [-0.15, -0.1) is 0 Å². The first-order valence-electron chi connectivity index (χ1n) is 10.4. The summed E-state index contributed by atoms with van der Waals surface area (Å²) in [4.78, 5) is 63.0. The summed E-state index contributed by atoms with van der Waals surface area (Å²) in [6.45, 7) is 3.42. The zero-order valence-electron chi connectivity index (χ0n) is 18.1. The predicted octanol–water partition coefficient (Wildman–Crippen LogP) is -2.95. The molecule has 0 aliphatic carbocycles. The lowest BCUT2D eigenvalue weighted by Gasteiger charge is -2.26. The molecule has 0 bridgehead atoms. The lowest BCUT2D eigenvalue weighted by Crippen LogP contribution is -2.53. The Bertz CT molecular complexity index is 758. The second kappa shape index (κ2) is 10.6. The molecule has 13 nitrogen and oxygen atoms in total. The zero-order chi connectivity index (χ0) is 24.2. The largest absolute Gasteiger partial charge is 0.465 e. The molecule has 2 saturated heterocycles. The molecule has 0 aromatic carbocycles. The highest BCUT2D eigenvalue weighted by molar-refractivity contribution is 5.90. The van der Waals surface area contributed by atoms with Crippen LogP contribution in [0.15, 0.2) is 0 Å². The molecular formula is C19H31N5O8. The first-order valence-corrected chi connectivity index (χ1v) is 10.4. The Morgan fingerprint density at radius 2 is 1.41 bits per heavy atom. The van der Waals surface area contributed by atoms with Crippen molar-refractivity contribution in [1.82, 2.24) is 20.4 Å². The molecule has 0 radical (unpaired) electrons. The third-order valence-electron chi connectivity index (χ3n) is 5.83. The van der Waals surface area contributed by atoms with Gasteiger partial charge in [-0.1, -0.05) is 0 Å². The number of aliphatic hydroxyl groups is 2. The van der Waals surface area contributed by atoms with Gasteiger partial charge in [0.2, 0.25) is 23.6 Å². The molecule has 7 N–H and O–H groups in total. The number of aliphatic hydroxyl groups excluding tert-OH is 2. The second-order valence-corrected chi connectivity index (χ2v) is 8.34. The lowest BCUT2D eigenvalue weighted by atomic mass is 10.1. The zero-order valence-corrected chi connectivity index (χ0v) is 18.1. The Morgan fingerprint density at radius 1 is 0.875 bits per heavy atom. The highest BCUT2D eigenvalue weighted by Gasteiger charge is 2.40. The SMILES string of the molecule is C[C@@H](O)[C@H](NC(=O)C1CCN(C(=O)C2CCN(C(=O)[C@@H](NC(=O)O)[C@@H](C)O)C2)C1)C(N)=O. The summed E-state index contributed by atoms with van der Waals surface area (Å²) in [5.74, 6) is -3.23. The Kier molecular flexibility index (Phi) is 8.38. The standard InChI is InChI=1S/C19H31N5O8/c1-9(25)13(15(20)27)21-16(28)11-3-5-23(7-11)17(29)12-4-6-24(8-12)18(30)14(10(2)26)22-19(31)32/h9-14,22,25-26H,3-8H2,1-2H3,(H2,20,27)(H,21,28)(H,31,32)/t9-,10-,11?,12?,13+,14+/m1/s1. The fourth-order valence-electron chi connectivity index (χ4n) is 4.01. The van der Waals surface area contributed by atoms with Crippen molar-refractivity contribution >= 4 is 29.7 Å². The van der Waals surface area contributed by atoms with Gasteiger partial charge in [0, 0.05) is 26.2 Å². The van der Waals surface area contributed by atoms with E-state index in [0.29, 0.717) is 19.4 Å². The van der Waals surface area contributed by atoms with E-state index >= 15 is 0 Å². The fourth-order valence-corrected chi connectivity index (χ4v) is 4.01. The number of primary amides is 1. The summed E-state index contributed by atoms with van der Waals surface area (Å²) in [5.41, 5.74) is 5.18. The molecule has 13 heteroatoms. The van der Waals surface area contributed by atoms with Crippen LogP contribution in [0.4, 0.5) is 4.79 Å². The van der Waals surface area contributed by atoms with Crippen molar-refractivity contribution in [1.29, 1.82) is 0 Å². The molecule has 0 aromatic rings. The number of rotatable bonds is 8. The highest BCUT2D eigenvalue weighted by Crippen LogP contribution is 2.24. The maximum Gasteiger partial charge on any atom is 0.405 e. The van der Waals surface area contributed by atoms with Crippen molar-refractivity contribution in [2.24, 2.45) is 17.6 Å². The number of nitrogens with zero attached hydrogens (tertiary/aromatic N) is 2. The minimum absolute atomic E-state index is 0.0846. The maximum atomic E-state index is 12.9. The average molecular weight is 457 g/mol. The van der Waals surface area contributed by atoms with Crippen LogP contribution in [0.5, 0.6) is 0 Å². The van der Waals surface area contributed by atoms with Crippen LogP contribution in [0.1, 0.15) is 26.7 Å². The molecule has 180 valence electrons. The number of likely N-dealkylation sites (tertiary alicyclic amines) is 2. The van der Waals surface area contributed by atoms with E-state index in [0.717, 1.165) is 0 Å². The third-order valence-corrected chi connectivity index (χ3v) is 5.83. The van der Waals surface area contributed by atoms with Gasteiger partial charge in [0.15, 0.2) is 0 Å². The van der Waals surface area contributed by atoms with E-state index in [1.807, 2.05) is 5.32 Å². The highest BCUT2D eigenvalue weighted by atomic mass is 16.4. The molecular weight excluding hydrogens is 426 g/mol. The topological polar surface area (TPSA) is 203 Å². The number of amides is 5. The first kappa shape index (κ1) is 25.3. The maximum absolute atomic E-state index is 12.9. The van der Waals surface area contributed by atoms with Gasteiger partial charge in [0.1, 0.15) is 12.1 Å². The quantitative estimate of drug-likeness (QED) is 0.222. The molecule has 2 fully saturated rings. The third kappa shape index (κ3) is 6.07. The predicted molar refractivity (Wildman–Crippen MR) is 109 cm³/mol. The van der Waals surface area contributed by atoms with E-state index in [1.54, 1.807) is 0 Å². The molecule has 2 heterocycles. The van der Waals surface area contributed by atoms with Gasteiger partial charge >= 0.3 is 6.09 Å². The number of carbonyl (C=O) groups excluding carboxylic acids is 4. The van der Waals surface area contributed by atoms with E-state index in [1.165, 1.54) is 23.6 Å². The Hall–Kier alpha value is -2.93. The van der Waals surface area contributed by atoms with Crippen molar-refractivity contribution in [2.45, 2.75) is 51.0 Å². The van der Waals surface area contributed by atoms with E-state index < -0.39 is 59.9 Å². The first-order chi connectivity index (χ1) is 14.9. The summed E-state index contributed by atoms with van der Waals surface area (Å²) < 4.78 is 0. The van der Waals surface area contributed by atoms with Crippen LogP contribution in [-0.2, 0) is 19.2 Å². The summed E-state index contributed by atoms with van der Waals surface area (Å²) >= 11 is 0. The Balaban J connectivity index is 1.92. The van der Waals surface area contributed by atoms with Gasteiger partial charge in [0.05, 0.1) is 24.0 Å². The van der Waals surface area contributed by atoms with Crippen molar-refractivity contribution in [3.8, 4) is 0 Å². The van der Waals surface area contributed by atoms with Gasteiger partial charge in [-0.25, -0.2) is 4.79 Å². The van der Waals surface area contributed by atoms with Gasteiger partial charge in [-0.2, -0.15) is 0 Å². The van der Waals surface area contributed by atoms with Gasteiger partial charge in [-0.3, -0.25) is 19.2 Å². The molecule has 2 aliphatic rings. The number of carbonyl (C=O) groups is 5. The molecule has 32 heavy (non-hydrogen) atoms. The van der Waals surface area contributed by atoms with Crippen LogP contribution in [-0.4, -0.2) is 105 Å². The second-order valence-electron chi connectivity index (χ2n) is 8.34. The molecule has 5 amide bonds. The minimum Gasteiger partial charge on any atom is -0.465 e. The molecule has 0 spiro atoms. The summed E-state index contributed by atoms with van der Waals surface area (Å²) in [5, 5.41) is 32.6. The van der Waals surface area contributed by atoms with E-state index in [9.17, 15) is 34.2 Å². The van der Waals surface area contributed by atoms with E-state index in [-0.39, 0.29) is 25.5 Å². The van der Waals surface area contributed by atoms with Crippen molar-refractivity contribution < 1.29 is 39.3 Å². The van der Waals surface area contributed by atoms with Crippen LogP contribution in [0.3, 0.4) is 0 Å². The molecule has 2 unspecified atom stereocenters. The number of hydrogen-bond donors (Lipinski definition) is 6. The normalized spacial score (nSPS) is 24.4. The molecule has 0 saturated carbocycles. The van der Waals surface area contributed by atoms with Gasteiger partial charge in [0.25, 0.3) is 0 Å². The number of nitrogens with two attached hydrogens (primary N) is 1. The van der Waals surface area contributed by atoms with Crippen molar-refractivity contribution in [2.75, 3.05) is 26.2 Å². The van der Waals surface area contributed by atoms with Crippen LogP contribution < -0.4 is 16.4 Å². The van der Waals surface area contributed by atoms with E-state index in [2.05, 4.69) is 5.32 Å².